The van der Waals surface area contributed by atoms with Crippen LogP contribution in [-0.2, 0) is 0 Å². The normalized spacial score (nSPS) is 12.3. The Labute approximate surface area is 292 Å². The minimum atomic E-state index is 0.905. The van der Waals surface area contributed by atoms with Crippen LogP contribution < -0.4 is 0 Å². The van der Waals surface area contributed by atoms with E-state index in [9.17, 15) is 0 Å². The van der Waals surface area contributed by atoms with E-state index in [1.54, 1.807) is 0 Å². The van der Waals surface area contributed by atoms with E-state index >= 15 is 0 Å². The van der Waals surface area contributed by atoms with Gasteiger partial charge in [-0.1, -0.05) is 152 Å². The highest BCUT2D eigenvalue weighted by Gasteiger charge is 2.20. The molecule has 11 aromatic carbocycles. The third kappa shape index (κ3) is 3.70. The molecule has 234 valence electrons. The first kappa shape index (κ1) is 27.2. The summed E-state index contributed by atoms with van der Waals surface area (Å²) in [4.78, 5) is 0. The quantitative estimate of drug-likeness (QED) is 0.171. The van der Waals surface area contributed by atoms with Gasteiger partial charge in [0.25, 0.3) is 0 Å². The van der Waals surface area contributed by atoms with Gasteiger partial charge in [0.2, 0.25) is 0 Å². The van der Waals surface area contributed by atoms with Crippen molar-refractivity contribution in [3.05, 3.63) is 170 Å². The highest BCUT2D eigenvalue weighted by atomic mass is 16.3. The van der Waals surface area contributed by atoms with E-state index in [2.05, 4.69) is 170 Å². The van der Waals surface area contributed by atoms with Crippen molar-refractivity contribution in [3.8, 4) is 22.3 Å². The van der Waals surface area contributed by atoms with Crippen LogP contribution in [0.15, 0.2) is 174 Å². The molecule has 12 rings (SSSR count). The fourth-order valence-electron chi connectivity index (χ4n) is 9.09. The number of benzene rings is 11. The van der Waals surface area contributed by atoms with Crippen LogP contribution in [0.3, 0.4) is 0 Å². The minimum Gasteiger partial charge on any atom is -0.455 e. The summed E-state index contributed by atoms with van der Waals surface area (Å²) >= 11 is 0. The van der Waals surface area contributed by atoms with Crippen molar-refractivity contribution in [2.75, 3.05) is 0 Å². The van der Waals surface area contributed by atoms with Crippen LogP contribution in [0.4, 0.5) is 0 Å². The Morgan fingerprint density at radius 3 is 1.69 bits per heavy atom. The monoisotopic (exact) mass is 644 g/mol. The van der Waals surface area contributed by atoms with Gasteiger partial charge in [-0.25, -0.2) is 0 Å². The maximum Gasteiger partial charge on any atom is 0.143 e. The van der Waals surface area contributed by atoms with E-state index < -0.39 is 0 Å². The molecule has 1 aromatic heterocycles. The summed E-state index contributed by atoms with van der Waals surface area (Å²) in [5.74, 6) is 0. The minimum absolute atomic E-state index is 0.905. The topological polar surface area (TPSA) is 13.1 Å². The zero-order valence-corrected chi connectivity index (χ0v) is 27.6. The molecule has 0 amide bonds. The molecule has 0 atom stereocenters. The summed E-state index contributed by atoms with van der Waals surface area (Å²) in [7, 11) is 0. The highest BCUT2D eigenvalue weighted by molar-refractivity contribution is 6.28. The Morgan fingerprint density at radius 2 is 0.843 bits per heavy atom. The predicted octanol–water partition coefficient (Wildman–Crippen LogP) is 14.4. The van der Waals surface area contributed by atoms with Crippen LogP contribution in [0.1, 0.15) is 0 Å². The molecule has 1 nitrogen and oxygen atoms in total. The SMILES string of the molecule is c1ccc2c(c1)ccc1c2oc2cc(-c3ccc4ccc5cccc6ccc3c4c56)cc(-c3cccc4c3ccc3ccc5ccccc5c34)c21. The average Bonchev–Trinajstić information content (AvgIpc) is 3.58. The van der Waals surface area contributed by atoms with Crippen molar-refractivity contribution >= 4 is 97.3 Å². The summed E-state index contributed by atoms with van der Waals surface area (Å²) < 4.78 is 6.96. The third-order valence-electron chi connectivity index (χ3n) is 11.4. The third-order valence-corrected chi connectivity index (χ3v) is 11.4. The predicted molar refractivity (Wildman–Crippen MR) is 218 cm³/mol. The molecule has 0 radical (unpaired) electrons. The lowest BCUT2D eigenvalue weighted by atomic mass is 9.87. The van der Waals surface area contributed by atoms with Gasteiger partial charge in [0, 0.05) is 16.2 Å². The molecular formula is C50H28O. The molecule has 0 aliphatic carbocycles. The van der Waals surface area contributed by atoms with Crippen LogP contribution in [0.2, 0.25) is 0 Å². The van der Waals surface area contributed by atoms with Gasteiger partial charge in [0.15, 0.2) is 0 Å². The first-order valence-electron chi connectivity index (χ1n) is 17.7. The van der Waals surface area contributed by atoms with Gasteiger partial charge in [0.05, 0.1) is 0 Å². The average molecular weight is 645 g/mol. The Morgan fingerprint density at radius 1 is 0.275 bits per heavy atom. The molecule has 0 aliphatic heterocycles. The van der Waals surface area contributed by atoms with Crippen molar-refractivity contribution in [2.24, 2.45) is 0 Å². The summed E-state index contributed by atoms with van der Waals surface area (Å²) in [6.07, 6.45) is 0. The van der Waals surface area contributed by atoms with E-state index in [0.29, 0.717) is 0 Å². The summed E-state index contributed by atoms with van der Waals surface area (Å²) in [6, 6.07) is 62.6. The van der Waals surface area contributed by atoms with Crippen LogP contribution in [0.25, 0.3) is 120 Å². The Hall–Kier alpha value is -6.70. The molecule has 0 spiro atoms. The second kappa shape index (κ2) is 9.94. The number of hydrogen-bond acceptors (Lipinski definition) is 1. The lowest BCUT2D eigenvalue weighted by Crippen LogP contribution is -1.89. The maximum atomic E-state index is 6.96. The zero-order chi connectivity index (χ0) is 33.2. The molecule has 0 bridgehead atoms. The van der Waals surface area contributed by atoms with E-state index in [-0.39, 0.29) is 0 Å². The van der Waals surface area contributed by atoms with E-state index in [0.717, 1.165) is 32.9 Å². The van der Waals surface area contributed by atoms with Crippen LogP contribution in [0.5, 0.6) is 0 Å². The Balaban J connectivity index is 1.23. The molecule has 51 heavy (non-hydrogen) atoms. The Kier molecular flexibility index (Phi) is 5.29. The van der Waals surface area contributed by atoms with E-state index in [1.165, 1.54) is 86.7 Å². The second-order valence-corrected chi connectivity index (χ2v) is 14.0. The summed E-state index contributed by atoms with van der Waals surface area (Å²) in [6.45, 7) is 0. The molecule has 0 N–H and O–H groups in total. The lowest BCUT2D eigenvalue weighted by Gasteiger charge is -2.16. The van der Waals surface area contributed by atoms with Gasteiger partial charge in [-0.15, -0.1) is 0 Å². The fourth-order valence-corrected chi connectivity index (χ4v) is 9.09. The number of hydrogen-bond donors (Lipinski definition) is 0. The molecular weight excluding hydrogens is 617 g/mol. The fraction of sp³-hybridized carbons (Fsp3) is 0. The highest BCUT2D eigenvalue weighted by Crippen LogP contribution is 2.47. The van der Waals surface area contributed by atoms with Crippen molar-refractivity contribution in [1.29, 1.82) is 0 Å². The molecule has 0 aliphatic rings. The van der Waals surface area contributed by atoms with Crippen molar-refractivity contribution < 1.29 is 4.42 Å². The molecule has 0 saturated heterocycles. The number of furan rings is 1. The first-order chi connectivity index (χ1) is 25.3. The van der Waals surface area contributed by atoms with E-state index in [1.807, 2.05) is 0 Å². The van der Waals surface area contributed by atoms with Gasteiger partial charge >= 0.3 is 0 Å². The summed E-state index contributed by atoms with van der Waals surface area (Å²) in [5, 5.41) is 20.0. The van der Waals surface area contributed by atoms with Crippen LogP contribution in [-0.4, -0.2) is 0 Å². The standard InChI is InChI=1S/C50H28O/c1-3-11-37-29(7-1)15-16-33-21-24-40-39(13-6-14-41(40)47(33)37)44-27-35(28-45-49(44)43-26-19-30-8-2-4-12-38(30)50(43)51-45)36-23-20-34-18-17-31-9-5-10-32-22-25-42(36)48(34)46(31)32/h1-28H. The van der Waals surface area contributed by atoms with Crippen molar-refractivity contribution in [2.45, 2.75) is 0 Å². The maximum absolute atomic E-state index is 6.96. The smallest absolute Gasteiger partial charge is 0.143 e. The second-order valence-electron chi connectivity index (χ2n) is 14.0. The van der Waals surface area contributed by atoms with Crippen molar-refractivity contribution in [3.63, 3.8) is 0 Å². The van der Waals surface area contributed by atoms with E-state index in [4.69, 9.17) is 4.42 Å². The van der Waals surface area contributed by atoms with Crippen LogP contribution in [0, 0.1) is 0 Å². The van der Waals surface area contributed by atoms with Gasteiger partial charge in [0.1, 0.15) is 11.2 Å². The zero-order valence-electron chi connectivity index (χ0n) is 27.6. The van der Waals surface area contributed by atoms with Crippen LogP contribution >= 0.6 is 0 Å². The largest absolute Gasteiger partial charge is 0.455 e. The van der Waals surface area contributed by atoms with Crippen molar-refractivity contribution in [1.82, 2.24) is 0 Å². The van der Waals surface area contributed by atoms with Gasteiger partial charge in [-0.05, 0) is 110 Å². The molecule has 12 aromatic rings. The molecule has 0 unspecified atom stereocenters. The number of rotatable bonds is 2. The molecule has 0 fully saturated rings. The molecule has 1 heteroatoms. The van der Waals surface area contributed by atoms with Gasteiger partial charge in [-0.3, -0.25) is 0 Å². The first-order valence-corrected chi connectivity index (χ1v) is 17.7. The Bertz CT molecular complexity index is 3400. The number of fused-ring (bicyclic) bond motifs is 10. The molecule has 0 saturated carbocycles. The summed E-state index contributed by atoms with van der Waals surface area (Å²) in [5.41, 5.74) is 6.61. The van der Waals surface area contributed by atoms with Gasteiger partial charge < -0.3 is 4.42 Å². The molecule has 1 heterocycles. The lowest BCUT2D eigenvalue weighted by molar-refractivity contribution is 0.673. The van der Waals surface area contributed by atoms with Gasteiger partial charge in [-0.2, -0.15) is 0 Å².